The van der Waals surface area contributed by atoms with Gasteiger partial charge >= 0.3 is 5.97 Å². The largest absolute Gasteiger partial charge is 0.490 e. The molecule has 1 aromatic rings. The van der Waals surface area contributed by atoms with Crippen LogP contribution in [-0.2, 0) is 11.3 Å². The molecule has 0 unspecified atom stereocenters. The summed E-state index contributed by atoms with van der Waals surface area (Å²) in [5, 5.41) is 8.72. The van der Waals surface area contributed by atoms with Crippen molar-refractivity contribution >= 4 is 5.97 Å². The van der Waals surface area contributed by atoms with E-state index in [0.29, 0.717) is 12.6 Å². The van der Waals surface area contributed by atoms with Gasteiger partial charge in [-0.1, -0.05) is 18.2 Å². The van der Waals surface area contributed by atoms with E-state index in [9.17, 15) is 4.79 Å². The molecule has 0 radical (unpaired) electrons. The van der Waals surface area contributed by atoms with Gasteiger partial charge in [-0.2, -0.15) is 0 Å². The maximum absolute atomic E-state index is 10.6. The highest BCUT2D eigenvalue weighted by atomic mass is 16.5. The second-order valence-corrected chi connectivity index (χ2v) is 5.51. The summed E-state index contributed by atoms with van der Waals surface area (Å²) in [6, 6.07) is 8.06. The fraction of sp³-hybridized carbons (Fsp3) is 0.562. The second kappa shape index (κ2) is 7.29. The number of benzene rings is 1. The van der Waals surface area contributed by atoms with Crippen LogP contribution >= 0.6 is 0 Å². The van der Waals surface area contributed by atoms with Crippen LogP contribution in [0.1, 0.15) is 37.7 Å². The van der Waals surface area contributed by atoms with Gasteiger partial charge in [-0.15, -0.1) is 0 Å². The highest BCUT2D eigenvalue weighted by Gasteiger charge is 2.18. The number of hydrogen-bond acceptors (Lipinski definition) is 3. The van der Waals surface area contributed by atoms with Crippen molar-refractivity contribution in [1.29, 1.82) is 0 Å². The lowest BCUT2D eigenvalue weighted by atomic mass is 10.2. The predicted octanol–water partition coefficient (Wildman–Crippen LogP) is 2.91. The van der Waals surface area contributed by atoms with Gasteiger partial charge in [-0.25, -0.2) is 0 Å². The fourth-order valence-corrected chi connectivity index (χ4v) is 2.59. The third-order valence-corrected chi connectivity index (χ3v) is 3.72. The van der Waals surface area contributed by atoms with Crippen LogP contribution in [0.25, 0.3) is 0 Å². The minimum absolute atomic E-state index is 0.169. The minimum Gasteiger partial charge on any atom is -0.490 e. The number of hydrogen-bond donors (Lipinski definition) is 1. The maximum atomic E-state index is 10.6. The van der Waals surface area contributed by atoms with Crippen molar-refractivity contribution in [2.24, 2.45) is 0 Å². The molecule has 1 aromatic carbocycles. The number of carbonyl (C=O) groups is 1. The average molecular weight is 277 g/mol. The molecule has 1 saturated carbocycles. The van der Waals surface area contributed by atoms with Gasteiger partial charge in [0.25, 0.3) is 0 Å². The lowest BCUT2D eigenvalue weighted by Crippen LogP contribution is -2.22. The van der Waals surface area contributed by atoms with E-state index in [2.05, 4.69) is 6.07 Å². The third-order valence-electron chi connectivity index (χ3n) is 3.72. The van der Waals surface area contributed by atoms with Crippen LogP contribution in [0, 0.1) is 0 Å². The van der Waals surface area contributed by atoms with Crippen molar-refractivity contribution in [2.45, 2.75) is 44.8 Å². The van der Waals surface area contributed by atoms with Crippen molar-refractivity contribution in [3.05, 3.63) is 29.8 Å². The number of rotatable bonds is 7. The number of carboxylic acids is 1. The molecule has 1 aliphatic rings. The SMILES string of the molecule is CN(CCC(=O)O)Cc1ccccc1OC1CCCC1. The van der Waals surface area contributed by atoms with Gasteiger partial charge in [0.15, 0.2) is 0 Å². The zero-order valence-electron chi connectivity index (χ0n) is 12.0. The Bertz CT molecular complexity index is 441. The number of para-hydroxylation sites is 1. The number of aliphatic carboxylic acids is 1. The Morgan fingerprint density at radius 1 is 1.35 bits per heavy atom. The van der Waals surface area contributed by atoms with E-state index in [1.807, 2.05) is 30.1 Å². The molecule has 0 aromatic heterocycles. The molecule has 0 spiro atoms. The van der Waals surface area contributed by atoms with Crippen LogP contribution in [0.2, 0.25) is 0 Å². The second-order valence-electron chi connectivity index (χ2n) is 5.51. The minimum atomic E-state index is -0.757. The molecule has 2 rings (SSSR count). The van der Waals surface area contributed by atoms with E-state index in [1.165, 1.54) is 12.8 Å². The zero-order chi connectivity index (χ0) is 14.4. The smallest absolute Gasteiger partial charge is 0.304 e. The molecule has 0 saturated heterocycles. The van der Waals surface area contributed by atoms with Crippen LogP contribution in [0.3, 0.4) is 0 Å². The van der Waals surface area contributed by atoms with Crippen LogP contribution in [-0.4, -0.2) is 35.7 Å². The van der Waals surface area contributed by atoms with E-state index in [0.717, 1.165) is 30.7 Å². The molecule has 0 amide bonds. The maximum Gasteiger partial charge on any atom is 0.304 e. The Labute approximate surface area is 120 Å². The highest BCUT2D eigenvalue weighted by molar-refractivity contribution is 5.66. The summed E-state index contributed by atoms with van der Waals surface area (Å²) in [6.45, 7) is 1.27. The molecule has 1 fully saturated rings. The van der Waals surface area contributed by atoms with Crippen molar-refractivity contribution in [3.63, 3.8) is 0 Å². The molecule has 20 heavy (non-hydrogen) atoms. The third kappa shape index (κ3) is 4.53. The first-order valence-corrected chi connectivity index (χ1v) is 7.30. The molecule has 1 N–H and O–H groups in total. The summed E-state index contributed by atoms with van der Waals surface area (Å²) in [4.78, 5) is 12.6. The Balaban J connectivity index is 1.94. The first-order chi connectivity index (χ1) is 9.65. The van der Waals surface area contributed by atoms with Crippen molar-refractivity contribution in [1.82, 2.24) is 4.90 Å². The number of ether oxygens (including phenoxy) is 1. The topological polar surface area (TPSA) is 49.8 Å². The van der Waals surface area contributed by atoms with Crippen molar-refractivity contribution in [3.8, 4) is 5.75 Å². The molecular formula is C16H23NO3. The summed E-state index contributed by atoms with van der Waals surface area (Å²) in [6.07, 6.45) is 5.31. The molecule has 0 aliphatic heterocycles. The molecule has 0 bridgehead atoms. The lowest BCUT2D eigenvalue weighted by Gasteiger charge is -2.20. The summed E-state index contributed by atoms with van der Waals surface area (Å²) in [5.74, 6) is 0.189. The first kappa shape index (κ1) is 14.9. The predicted molar refractivity (Wildman–Crippen MR) is 77.9 cm³/mol. The van der Waals surface area contributed by atoms with Crippen molar-refractivity contribution in [2.75, 3.05) is 13.6 Å². The molecule has 1 aliphatic carbocycles. The molecular weight excluding hydrogens is 254 g/mol. The summed E-state index contributed by atoms with van der Waals surface area (Å²) in [5.41, 5.74) is 1.13. The van der Waals surface area contributed by atoms with Gasteiger partial charge in [0.05, 0.1) is 12.5 Å². The quantitative estimate of drug-likeness (QED) is 0.832. The molecule has 110 valence electrons. The van der Waals surface area contributed by atoms with Gasteiger partial charge in [-0.05, 0) is 38.8 Å². The van der Waals surface area contributed by atoms with Gasteiger partial charge in [-0.3, -0.25) is 4.79 Å². The Hall–Kier alpha value is -1.55. The van der Waals surface area contributed by atoms with Crippen molar-refractivity contribution < 1.29 is 14.6 Å². The Morgan fingerprint density at radius 3 is 2.75 bits per heavy atom. The normalized spacial score (nSPS) is 15.7. The van der Waals surface area contributed by atoms with Crippen LogP contribution in [0.15, 0.2) is 24.3 Å². The van der Waals surface area contributed by atoms with Gasteiger partial charge < -0.3 is 14.7 Å². The van der Waals surface area contributed by atoms with E-state index < -0.39 is 5.97 Å². The molecule has 4 heteroatoms. The standard InChI is InChI=1S/C16H23NO3/c1-17(11-10-16(18)19)12-13-6-2-5-9-15(13)20-14-7-3-4-8-14/h2,5-6,9,14H,3-4,7-8,10-12H2,1H3,(H,18,19). The lowest BCUT2D eigenvalue weighted by molar-refractivity contribution is -0.137. The van der Waals surface area contributed by atoms with Gasteiger partial charge in [0.2, 0.25) is 0 Å². The summed E-state index contributed by atoms with van der Waals surface area (Å²) < 4.78 is 6.09. The van der Waals surface area contributed by atoms with E-state index in [-0.39, 0.29) is 6.42 Å². The van der Waals surface area contributed by atoms with Crippen LogP contribution < -0.4 is 4.74 Å². The fourth-order valence-electron chi connectivity index (χ4n) is 2.59. The zero-order valence-corrected chi connectivity index (χ0v) is 12.0. The van der Waals surface area contributed by atoms with Gasteiger partial charge in [0, 0.05) is 18.7 Å². The summed E-state index contributed by atoms with van der Waals surface area (Å²) in [7, 11) is 1.94. The summed E-state index contributed by atoms with van der Waals surface area (Å²) >= 11 is 0. The highest BCUT2D eigenvalue weighted by Crippen LogP contribution is 2.27. The van der Waals surface area contributed by atoms with E-state index in [1.54, 1.807) is 0 Å². The number of carboxylic acid groups (broad SMARTS) is 1. The molecule has 4 nitrogen and oxygen atoms in total. The molecule has 0 heterocycles. The van der Waals surface area contributed by atoms with E-state index >= 15 is 0 Å². The number of nitrogens with zero attached hydrogens (tertiary/aromatic N) is 1. The first-order valence-electron chi connectivity index (χ1n) is 7.30. The Morgan fingerprint density at radius 2 is 2.05 bits per heavy atom. The van der Waals surface area contributed by atoms with Crippen LogP contribution in [0.4, 0.5) is 0 Å². The monoisotopic (exact) mass is 277 g/mol. The average Bonchev–Trinajstić information content (AvgIpc) is 2.92. The van der Waals surface area contributed by atoms with Gasteiger partial charge in [0.1, 0.15) is 5.75 Å². The Kier molecular flexibility index (Phi) is 5.41. The van der Waals surface area contributed by atoms with Crippen LogP contribution in [0.5, 0.6) is 5.75 Å². The molecule has 0 atom stereocenters. The van der Waals surface area contributed by atoms with E-state index in [4.69, 9.17) is 9.84 Å².